The fraction of sp³-hybridized carbons (Fsp3) is 0.250. The monoisotopic (exact) mass is 355 g/mol. The summed E-state index contributed by atoms with van der Waals surface area (Å²) in [5.74, 6) is 0.448. The molecule has 1 N–H and O–H groups in total. The van der Waals surface area contributed by atoms with Gasteiger partial charge in [0, 0.05) is 34.5 Å². The van der Waals surface area contributed by atoms with Crippen LogP contribution >= 0.6 is 0 Å². The number of rotatable bonds is 1. The molecule has 3 heterocycles. The van der Waals surface area contributed by atoms with Crippen molar-refractivity contribution in [2.45, 2.75) is 25.0 Å². The average Bonchev–Trinajstić information content (AvgIpc) is 3.11. The Morgan fingerprint density at radius 1 is 0.852 bits per heavy atom. The van der Waals surface area contributed by atoms with E-state index in [1.807, 2.05) is 12.1 Å². The molecule has 2 aliphatic heterocycles. The molecule has 1 fully saturated rings. The molecule has 3 heteroatoms. The van der Waals surface area contributed by atoms with Crippen LogP contribution in [-0.2, 0) is 4.74 Å². The van der Waals surface area contributed by atoms with Crippen LogP contribution in [0.25, 0.3) is 21.9 Å². The number of nitrogens with one attached hydrogen (secondary N) is 1. The lowest BCUT2D eigenvalue weighted by Crippen LogP contribution is -2.35. The maximum absolute atomic E-state index is 6.24. The summed E-state index contributed by atoms with van der Waals surface area (Å²) in [6.07, 6.45) is 2.48. The Bertz CT molecular complexity index is 1150. The van der Waals surface area contributed by atoms with Crippen molar-refractivity contribution >= 4 is 27.6 Å². The van der Waals surface area contributed by atoms with Gasteiger partial charge in [-0.25, -0.2) is 0 Å². The van der Waals surface area contributed by atoms with Gasteiger partial charge in [0.05, 0.1) is 12.1 Å². The van der Waals surface area contributed by atoms with E-state index in [1.165, 1.54) is 34.0 Å². The Kier molecular flexibility index (Phi) is 3.32. The molecule has 0 amide bonds. The molecule has 27 heavy (non-hydrogen) atoms. The van der Waals surface area contributed by atoms with Crippen molar-refractivity contribution in [3.8, 4) is 0 Å². The summed E-state index contributed by atoms with van der Waals surface area (Å²) in [4.78, 5) is 0. The van der Waals surface area contributed by atoms with Crippen molar-refractivity contribution < 1.29 is 9.15 Å². The van der Waals surface area contributed by atoms with Gasteiger partial charge in [-0.2, -0.15) is 0 Å². The third-order valence-corrected chi connectivity index (χ3v) is 6.13. The van der Waals surface area contributed by atoms with Crippen molar-refractivity contribution in [1.29, 1.82) is 0 Å². The van der Waals surface area contributed by atoms with Gasteiger partial charge in [0.2, 0.25) is 0 Å². The molecule has 1 saturated heterocycles. The Labute approximate surface area is 157 Å². The zero-order chi connectivity index (χ0) is 17.8. The van der Waals surface area contributed by atoms with E-state index in [0.29, 0.717) is 5.92 Å². The molecule has 0 bridgehead atoms. The third-order valence-electron chi connectivity index (χ3n) is 6.13. The van der Waals surface area contributed by atoms with Crippen LogP contribution in [0.5, 0.6) is 0 Å². The van der Waals surface area contributed by atoms with E-state index in [2.05, 4.69) is 59.9 Å². The van der Waals surface area contributed by atoms with Crippen LogP contribution in [-0.4, -0.2) is 6.61 Å². The quantitative estimate of drug-likeness (QED) is 0.440. The molecule has 6 rings (SSSR count). The van der Waals surface area contributed by atoms with E-state index in [4.69, 9.17) is 9.15 Å². The molecule has 134 valence electrons. The van der Waals surface area contributed by atoms with E-state index in [9.17, 15) is 0 Å². The normalized spacial score (nSPS) is 24.4. The van der Waals surface area contributed by atoms with Gasteiger partial charge >= 0.3 is 0 Å². The van der Waals surface area contributed by atoms with Gasteiger partial charge in [-0.15, -0.1) is 0 Å². The van der Waals surface area contributed by atoms with Crippen molar-refractivity contribution in [3.63, 3.8) is 0 Å². The Balaban J connectivity index is 1.50. The summed E-state index contributed by atoms with van der Waals surface area (Å²) >= 11 is 0. The molecule has 0 saturated carbocycles. The first kappa shape index (κ1) is 15.3. The lowest BCUT2D eigenvalue weighted by molar-refractivity contribution is -0.0381. The predicted molar refractivity (Wildman–Crippen MR) is 108 cm³/mol. The minimum atomic E-state index is 0.179. The number of furan rings is 1. The van der Waals surface area contributed by atoms with Crippen LogP contribution in [0.2, 0.25) is 0 Å². The molecule has 3 aromatic carbocycles. The Hall–Kier alpha value is -2.78. The number of para-hydroxylation sites is 2. The van der Waals surface area contributed by atoms with Gasteiger partial charge in [0.1, 0.15) is 11.2 Å². The molecule has 3 nitrogen and oxygen atoms in total. The fourth-order valence-corrected chi connectivity index (χ4v) is 4.88. The van der Waals surface area contributed by atoms with E-state index in [-0.39, 0.29) is 12.1 Å². The van der Waals surface area contributed by atoms with E-state index >= 15 is 0 Å². The van der Waals surface area contributed by atoms with Gasteiger partial charge in [0.15, 0.2) is 0 Å². The highest BCUT2D eigenvalue weighted by molar-refractivity contribution is 6.05. The van der Waals surface area contributed by atoms with Crippen LogP contribution in [0.4, 0.5) is 5.69 Å². The minimum Gasteiger partial charge on any atom is -0.456 e. The summed E-state index contributed by atoms with van der Waals surface area (Å²) in [5, 5.41) is 6.18. The molecular formula is C24H21NO2. The first-order valence-corrected chi connectivity index (χ1v) is 9.77. The molecule has 0 unspecified atom stereocenters. The lowest BCUT2D eigenvalue weighted by atomic mass is 9.77. The molecule has 4 aromatic rings. The zero-order valence-electron chi connectivity index (χ0n) is 15.0. The van der Waals surface area contributed by atoms with Gasteiger partial charge in [-0.3, -0.25) is 0 Å². The smallest absolute Gasteiger partial charge is 0.135 e. The van der Waals surface area contributed by atoms with E-state index < -0.39 is 0 Å². The summed E-state index contributed by atoms with van der Waals surface area (Å²) < 4.78 is 12.3. The van der Waals surface area contributed by atoms with E-state index in [1.54, 1.807) is 0 Å². The Morgan fingerprint density at radius 3 is 2.70 bits per heavy atom. The molecule has 2 aliphatic rings. The number of anilines is 1. The standard InChI is InChI=1S/C24H21NO2/c1-3-9-20-17(7-1)24-18(8-5-13-26-24)23(25-20)15-11-12-22-19(14-15)16-6-2-4-10-21(16)27-22/h1-4,6-7,9-12,14,18,23-25H,5,8,13H2/t18-,23+,24+/m1/s1. The molecule has 0 spiro atoms. The maximum atomic E-state index is 6.24. The SMILES string of the molecule is c1ccc2c(c1)N[C@@H](c1ccc3oc4ccccc4c3c1)[C@H]1CCCO[C@@H]21. The maximum Gasteiger partial charge on any atom is 0.135 e. The highest BCUT2D eigenvalue weighted by Gasteiger charge is 2.39. The Morgan fingerprint density at radius 2 is 1.70 bits per heavy atom. The minimum absolute atomic E-state index is 0.179. The summed E-state index contributed by atoms with van der Waals surface area (Å²) in [6, 6.07) is 23.7. The number of benzene rings is 3. The van der Waals surface area contributed by atoms with Crippen LogP contribution in [0.1, 0.15) is 36.1 Å². The first-order valence-electron chi connectivity index (χ1n) is 9.77. The summed E-state index contributed by atoms with van der Waals surface area (Å²) in [5.41, 5.74) is 5.71. The van der Waals surface area contributed by atoms with Crippen LogP contribution in [0.15, 0.2) is 71.1 Å². The number of fused-ring (bicyclic) bond motifs is 6. The molecule has 0 radical (unpaired) electrons. The largest absolute Gasteiger partial charge is 0.456 e. The predicted octanol–water partition coefficient (Wildman–Crippen LogP) is 6.22. The van der Waals surface area contributed by atoms with Gasteiger partial charge < -0.3 is 14.5 Å². The molecule has 0 aliphatic carbocycles. The van der Waals surface area contributed by atoms with Crippen LogP contribution < -0.4 is 5.32 Å². The zero-order valence-corrected chi connectivity index (χ0v) is 15.0. The van der Waals surface area contributed by atoms with Crippen molar-refractivity contribution in [3.05, 3.63) is 77.9 Å². The lowest BCUT2D eigenvalue weighted by Gasteiger charge is -2.43. The van der Waals surface area contributed by atoms with Gasteiger partial charge in [-0.05, 0) is 42.7 Å². The number of ether oxygens (including phenoxy) is 1. The highest BCUT2D eigenvalue weighted by atomic mass is 16.5. The summed E-state index contributed by atoms with van der Waals surface area (Å²) in [6.45, 7) is 0.855. The number of hydrogen-bond acceptors (Lipinski definition) is 3. The topological polar surface area (TPSA) is 34.4 Å². The molecular weight excluding hydrogens is 334 g/mol. The average molecular weight is 355 g/mol. The van der Waals surface area contributed by atoms with Crippen molar-refractivity contribution in [2.24, 2.45) is 5.92 Å². The molecule has 3 atom stereocenters. The van der Waals surface area contributed by atoms with Crippen molar-refractivity contribution in [2.75, 3.05) is 11.9 Å². The second-order valence-electron chi connectivity index (χ2n) is 7.66. The van der Waals surface area contributed by atoms with Gasteiger partial charge in [-0.1, -0.05) is 42.5 Å². The molecule has 1 aromatic heterocycles. The third kappa shape index (κ3) is 2.31. The number of hydrogen-bond donors (Lipinski definition) is 1. The first-order chi connectivity index (χ1) is 13.4. The van der Waals surface area contributed by atoms with Crippen molar-refractivity contribution in [1.82, 2.24) is 0 Å². The fourth-order valence-electron chi connectivity index (χ4n) is 4.88. The van der Waals surface area contributed by atoms with Crippen LogP contribution in [0.3, 0.4) is 0 Å². The second kappa shape index (κ2) is 5.86. The van der Waals surface area contributed by atoms with E-state index in [0.717, 1.165) is 24.2 Å². The second-order valence-corrected chi connectivity index (χ2v) is 7.66. The highest BCUT2D eigenvalue weighted by Crippen LogP contribution is 2.49. The van der Waals surface area contributed by atoms with Crippen LogP contribution in [0, 0.1) is 5.92 Å². The summed E-state index contributed by atoms with van der Waals surface area (Å²) in [7, 11) is 0. The van der Waals surface area contributed by atoms with Gasteiger partial charge in [0.25, 0.3) is 0 Å².